The maximum atomic E-state index is 13.2. The van der Waals surface area contributed by atoms with Gasteiger partial charge in [0.2, 0.25) is 0 Å². The molecule has 0 spiro atoms. The maximum absolute atomic E-state index is 13.2. The highest BCUT2D eigenvalue weighted by atomic mass is 127. The molecule has 0 bridgehead atoms. The number of aromatic nitrogens is 2. The first-order chi connectivity index (χ1) is 12.7. The lowest BCUT2D eigenvalue weighted by molar-refractivity contribution is 0.938. The number of para-hydroxylation sites is 2. The molecule has 0 aliphatic rings. The number of fused-ring (bicyclic) bond motifs is 1. The Kier molecular flexibility index (Phi) is 4.67. The molecule has 0 fully saturated rings. The number of nitrogens with zero attached hydrogens (tertiary/aromatic N) is 2. The lowest BCUT2D eigenvalue weighted by Gasteiger charge is -2.13. The molecular formula is C22H15IN2O. The van der Waals surface area contributed by atoms with Crippen molar-refractivity contribution in [3.63, 3.8) is 0 Å². The summed E-state index contributed by atoms with van der Waals surface area (Å²) < 4.78 is 2.68. The zero-order valence-corrected chi connectivity index (χ0v) is 16.0. The lowest BCUT2D eigenvalue weighted by atomic mass is 10.2. The highest BCUT2D eigenvalue weighted by molar-refractivity contribution is 14.1. The Morgan fingerprint density at radius 3 is 2.31 bits per heavy atom. The van der Waals surface area contributed by atoms with E-state index in [0.717, 1.165) is 14.8 Å². The standard InChI is InChI=1S/C22H15IN2O/c23-18-11-5-7-13-20(18)25-21(15-14-16-8-2-1-3-9-16)24-19-12-6-4-10-17(19)22(25)26/h1-15H. The van der Waals surface area contributed by atoms with Gasteiger partial charge in [0.05, 0.1) is 16.6 Å². The van der Waals surface area contributed by atoms with Gasteiger partial charge in [0.15, 0.2) is 0 Å². The summed E-state index contributed by atoms with van der Waals surface area (Å²) in [5, 5.41) is 0.615. The van der Waals surface area contributed by atoms with Gasteiger partial charge in [-0.2, -0.15) is 0 Å². The normalized spacial score (nSPS) is 11.3. The Balaban J connectivity index is 1.99. The van der Waals surface area contributed by atoms with E-state index in [1.807, 2.05) is 91.0 Å². The number of rotatable bonds is 3. The molecule has 0 saturated carbocycles. The van der Waals surface area contributed by atoms with E-state index in [9.17, 15) is 4.79 Å². The lowest BCUT2D eigenvalue weighted by Crippen LogP contribution is -2.23. The Labute approximate surface area is 164 Å². The summed E-state index contributed by atoms with van der Waals surface area (Å²) in [5.41, 5.74) is 2.54. The monoisotopic (exact) mass is 450 g/mol. The minimum absolute atomic E-state index is 0.0626. The van der Waals surface area contributed by atoms with Crippen LogP contribution < -0.4 is 5.56 Å². The van der Waals surface area contributed by atoms with E-state index in [1.165, 1.54) is 0 Å². The predicted octanol–water partition coefficient (Wildman–Crippen LogP) is 5.16. The van der Waals surface area contributed by atoms with Gasteiger partial charge in [0.25, 0.3) is 5.56 Å². The van der Waals surface area contributed by atoms with Crippen molar-refractivity contribution in [2.75, 3.05) is 0 Å². The highest BCUT2D eigenvalue weighted by Crippen LogP contribution is 2.19. The van der Waals surface area contributed by atoms with Crippen molar-refractivity contribution in [1.82, 2.24) is 9.55 Å². The first kappa shape index (κ1) is 16.7. The summed E-state index contributed by atoms with van der Waals surface area (Å²) in [7, 11) is 0. The van der Waals surface area contributed by atoms with Gasteiger partial charge in [-0.05, 0) is 58.5 Å². The molecule has 0 N–H and O–H groups in total. The molecule has 3 nitrogen and oxygen atoms in total. The molecule has 0 aliphatic heterocycles. The van der Waals surface area contributed by atoms with Crippen molar-refractivity contribution in [2.24, 2.45) is 0 Å². The number of benzene rings is 3. The smallest absolute Gasteiger partial charge is 0.266 e. The molecule has 0 unspecified atom stereocenters. The Hall–Kier alpha value is -2.73. The van der Waals surface area contributed by atoms with Crippen LogP contribution >= 0.6 is 22.6 Å². The molecule has 0 amide bonds. The van der Waals surface area contributed by atoms with E-state index >= 15 is 0 Å². The van der Waals surface area contributed by atoms with Crippen LogP contribution in [0.2, 0.25) is 0 Å². The topological polar surface area (TPSA) is 34.9 Å². The molecule has 0 atom stereocenters. The maximum Gasteiger partial charge on any atom is 0.266 e. The predicted molar refractivity (Wildman–Crippen MR) is 115 cm³/mol. The van der Waals surface area contributed by atoms with E-state index in [-0.39, 0.29) is 5.56 Å². The van der Waals surface area contributed by atoms with E-state index in [2.05, 4.69) is 22.6 Å². The summed E-state index contributed by atoms with van der Waals surface area (Å²) >= 11 is 2.25. The largest absolute Gasteiger partial charge is 0.268 e. The zero-order chi connectivity index (χ0) is 17.9. The van der Waals surface area contributed by atoms with Gasteiger partial charge in [-0.1, -0.05) is 60.7 Å². The molecule has 126 valence electrons. The SMILES string of the molecule is O=c1c2ccccc2nc(C=Cc2ccccc2)n1-c1ccccc1I. The van der Waals surface area contributed by atoms with Crippen molar-refractivity contribution >= 4 is 45.6 Å². The van der Waals surface area contributed by atoms with Crippen molar-refractivity contribution in [3.05, 3.63) is 104 Å². The fraction of sp³-hybridized carbons (Fsp3) is 0. The molecule has 1 heterocycles. The molecule has 0 radical (unpaired) electrons. The van der Waals surface area contributed by atoms with E-state index in [4.69, 9.17) is 4.98 Å². The van der Waals surface area contributed by atoms with Crippen LogP contribution in [0, 0.1) is 3.57 Å². The third-order valence-corrected chi connectivity index (χ3v) is 5.03. The van der Waals surface area contributed by atoms with Crippen LogP contribution in [0.15, 0.2) is 83.7 Å². The van der Waals surface area contributed by atoms with E-state index in [1.54, 1.807) is 4.57 Å². The summed E-state index contributed by atoms with van der Waals surface area (Å²) in [6.45, 7) is 0. The zero-order valence-electron chi connectivity index (χ0n) is 13.8. The second kappa shape index (κ2) is 7.25. The van der Waals surface area contributed by atoms with Crippen molar-refractivity contribution in [1.29, 1.82) is 0 Å². The van der Waals surface area contributed by atoms with Gasteiger partial charge in [0, 0.05) is 3.57 Å². The van der Waals surface area contributed by atoms with Crippen LogP contribution in [-0.4, -0.2) is 9.55 Å². The molecule has 4 rings (SSSR count). The summed E-state index contributed by atoms with van der Waals surface area (Å²) in [4.78, 5) is 17.9. The minimum Gasteiger partial charge on any atom is -0.268 e. The molecule has 1 aromatic heterocycles. The Morgan fingerprint density at radius 2 is 1.50 bits per heavy atom. The van der Waals surface area contributed by atoms with Crippen LogP contribution in [0.1, 0.15) is 11.4 Å². The van der Waals surface area contributed by atoms with Crippen molar-refractivity contribution < 1.29 is 0 Å². The minimum atomic E-state index is -0.0626. The van der Waals surface area contributed by atoms with E-state index < -0.39 is 0 Å². The fourth-order valence-corrected chi connectivity index (χ4v) is 3.49. The van der Waals surface area contributed by atoms with Crippen LogP contribution in [-0.2, 0) is 0 Å². The molecular weight excluding hydrogens is 435 g/mol. The second-order valence-corrected chi connectivity index (χ2v) is 6.99. The number of hydrogen-bond acceptors (Lipinski definition) is 2. The van der Waals surface area contributed by atoms with Gasteiger partial charge < -0.3 is 0 Å². The third-order valence-electron chi connectivity index (χ3n) is 4.12. The van der Waals surface area contributed by atoms with Crippen LogP contribution in [0.5, 0.6) is 0 Å². The summed E-state index contributed by atoms with van der Waals surface area (Å²) in [5.74, 6) is 0.613. The average molecular weight is 450 g/mol. The molecule has 0 aliphatic carbocycles. The quantitative estimate of drug-likeness (QED) is 0.404. The second-order valence-electron chi connectivity index (χ2n) is 5.82. The third kappa shape index (κ3) is 3.20. The molecule has 4 heteroatoms. The molecule has 3 aromatic carbocycles. The molecule has 0 saturated heterocycles. The fourth-order valence-electron chi connectivity index (χ4n) is 2.86. The Morgan fingerprint density at radius 1 is 0.808 bits per heavy atom. The number of halogens is 1. The van der Waals surface area contributed by atoms with Gasteiger partial charge >= 0.3 is 0 Å². The van der Waals surface area contributed by atoms with Gasteiger partial charge in [-0.15, -0.1) is 0 Å². The van der Waals surface area contributed by atoms with Crippen molar-refractivity contribution in [2.45, 2.75) is 0 Å². The van der Waals surface area contributed by atoms with Crippen LogP contribution in [0.3, 0.4) is 0 Å². The molecule has 4 aromatic rings. The summed E-state index contributed by atoms with van der Waals surface area (Å²) in [6.07, 6.45) is 3.87. The highest BCUT2D eigenvalue weighted by Gasteiger charge is 2.12. The average Bonchev–Trinajstić information content (AvgIpc) is 2.68. The summed E-state index contributed by atoms with van der Waals surface area (Å²) in [6, 6.07) is 25.3. The van der Waals surface area contributed by atoms with Crippen LogP contribution in [0.4, 0.5) is 0 Å². The van der Waals surface area contributed by atoms with E-state index in [0.29, 0.717) is 16.7 Å². The number of hydrogen-bond donors (Lipinski definition) is 0. The van der Waals surface area contributed by atoms with Gasteiger partial charge in [-0.3, -0.25) is 9.36 Å². The first-order valence-electron chi connectivity index (χ1n) is 8.24. The van der Waals surface area contributed by atoms with Gasteiger partial charge in [0.1, 0.15) is 5.82 Å². The van der Waals surface area contributed by atoms with Crippen molar-refractivity contribution in [3.8, 4) is 5.69 Å². The van der Waals surface area contributed by atoms with Gasteiger partial charge in [-0.25, -0.2) is 4.98 Å². The Bertz CT molecular complexity index is 1160. The van der Waals surface area contributed by atoms with Crippen LogP contribution in [0.25, 0.3) is 28.7 Å². The molecule has 26 heavy (non-hydrogen) atoms. The first-order valence-corrected chi connectivity index (χ1v) is 9.32.